The molecule has 0 aliphatic rings. The van der Waals surface area contributed by atoms with E-state index in [1.807, 2.05) is 0 Å². The van der Waals surface area contributed by atoms with Gasteiger partial charge in [-0.2, -0.15) is 0 Å². The van der Waals surface area contributed by atoms with Crippen LogP contribution in [0.1, 0.15) is 0 Å². The van der Waals surface area contributed by atoms with Crippen molar-refractivity contribution in [2.24, 2.45) is 0 Å². The van der Waals surface area contributed by atoms with E-state index in [2.05, 4.69) is 15.9 Å². The van der Waals surface area contributed by atoms with Crippen LogP contribution in [0, 0.1) is 0 Å². The largest absolute Gasteiger partial charge is 0.470 e. The highest BCUT2D eigenvalue weighted by Crippen LogP contribution is 2.47. The van der Waals surface area contributed by atoms with Crippen LogP contribution in [0.2, 0.25) is 0 Å². The lowest BCUT2D eigenvalue weighted by atomic mass is 10.2. The molecule has 4 aromatic rings. The van der Waals surface area contributed by atoms with Gasteiger partial charge in [0, 0.05) is 9.86 Å². The van der Waals surface area contributed by atoms with Gasteiger partial charge in [0.2, 0.25) is 0 Å². The Morgan fingerprint density at radius 1 is 0.786 bits per heavy atom. The summed E-state index contributed by atoms with van der Waals surface area (Å²) in [5, 5.41) is 0.420. The van der Waals surface area contributed by atoms with Gasteiger partial charge in [0.05, 0.1) is 0 Å². The molecule has 1 heterocycles. The summed E-state index contributed by atoms with van der Waals surface area (Å²) in [4.78, 5) is 12.6. The second-order valence-corrected chi connectivity index (χ2v) is 8.66. The summed E-state index contributed by atoms with van der Waals surface area (Å²) in [6.07, 6.45) is 0. The van der Waals surface area contributed by atoms with E-state index in [4.69, 9.17) is 13.5 Å². The van der Waals surface area contributed by atoms with Gasteiger partial charge in [-0.05, 0) is 48.5 Å². The van der Waals surface area contributed by atoms with E-state index in [1.165, 1.54) is 6.07 Å². The molecule has 0 unspecified atom stereocenters. The Morgan fingerprint density at radius 3 is 1.93 bits per heavy atom. The fourth-order valence-corrected chi connectivity index (χ4v) is 4.61. The maximum atomic E-state index is 13.8. The number of benzene rings is 3. The number of rotatable bonds is 5. The van der Waals surface area contributed by atoms with Gasteiger partial charge in [-0.25, -0.2) is 9.36 Å². The van der Waals surface area contributed by atoms with Crippen molar-refractivity contribution in [3.63, 3.8) is 0 Å². The monoisotopic (exact) mass is 456 g/mol. The predicted molar refractivity (Wildman–Crippen MR) is 112 cm³/mol. The molecule has 4 rings (SSSR count). The number of hydrogen-bond acceptors (Lipinski definition) is 5. The quantitative estimate of drug-likeness (QED) is 0.291. The molecule has 0 amide bonds. The molecule has 0 fully saturated rings. The van der Waals surface area contributed by atoms with Gasteiger partial charge < -0.3 is 13.5 Å². The third-order valence-electron chi connectivity index (χ3n) is 3.91. The molecule has 0 N–H and O–H groups in total. The van der Waals surface area contributed by atoms with Crippen LogP contribution >= 0.6 is 23.5 Å². The summed E-state index contributed by atoms with van der Waals surface area (Å²) >= 11 is 3.38. The van der Waals surface area contributed by atoms with Crippen LogP contribution in [-0.4, -0.2) is 0 Å². The smallest absolute Gasteiger partial charge is 0.422 e. The average molecular weight is 457 g/mol. The molecule has 0 saturated heterocycles. The predicted octanol–water partition coefficient (Wildman–Crippen LogP) is 5.53. The molecule has 140 valence electrons. The fourth-order valence-electron chi connectivity index (χ4n) is 2.63. The van der Waals surface area contributed by atoms with Crippen LogP contribution in [0.4, 0.5) is 0 Å². The van der Waals surface area contributed by atoms with Crippen LogP contribution in [0.5, 0.6) is 11.5 Å². The lowest BCUT2D eigenvalue weighted by molar-refractivity contribution is 0.397. The van der Waals surface area contributed by atoms with E-state index in [0.29, 0.717) is 22.5 Å². The summed E-state index contributed by atoms with van der Waals surface area (Å²) < 4.78 is 31.4. The molecule has 0 spiro atoms. The first-order valence-electron chi connectivity index (χ1n) is 8.37. The van der Waals surface area contributed by atoms with E-state index < -0.39 is 13.2 Å². The molecule has 1 aromatic heterocycles. The van der Waals surface area contributed by atoms with Crippen molar-refractivity contribution < 1.29 is 18.0 Å². The van der Waals surface area contributed by atoms with Crippen molar-refractivity contribution in [1.82, 2.24) is 0 Å². The van der Waals surface area contributed by atoms with Crippen molar-refractivity contribution in [1.29, 1.82) is 0 Å². The fraction of sp³-hybridized carbons (Fsp3) is 0. The molecule has 3 aromatic carbocycles. The highest BCUT2D eigenvalue weighted by Gasteiger charge is 2.36. The standard InChI is InChI=1S/C21H14BrO5P/c22-16-11-12-19-15(13-16)14-20(21(23)25-19)28(24,26-17-7-3-1-4-8-17)27-18-9-5-2-6-10-18/h1-14H. The minimum absolute atomic E-state index is 0.175. The SMILES string of the molecule is O=c1oc2ccc(Br)cc2cc1P(=O)(Oc1ccccc1)Oc1ccccc1. The zero-order chi connectivity index (χ0) is 19.6. The zero-order valence-corrected chi connectivity index (χ0v) is 16.9. The second kappa shape index (κ2) is 7.66. The normalized spacial score (nSPS) is 11.3. The first-order valence-corrected chi connectivity index (χ1v) is 10.7. The minimum Gasteiger partial charge on any atom is -0.422 e. The van der Waals surface area contributed by atoms with Crippen LogP contribution in [0.25, 0.3) is 11.0 Å². The van der Waals surface area contributed by atoms with Gasteiger partial charge in [-0.3, -0.25) is 0 Å². The molecular weight excluding hydrogens is 443 g/mol. The van der Waals surface area contributed by atoms with Gasteiger partial charge in [0.15, 0.2) is 5.30 Å². The number of para-hydroxylation sites is 2. The maximum absolute atomic E-state index is 13.8. The highest BCUT2D eigenvalue weighted by atomic mass is 79.9. The van der Waals surface area contributed by atoms with E-state index in [-0.39, 0.29) is 5.30 Å². The molecule has 0 aliphatic heterocycles. The van der Waals surface area contributed by atoms with Gasteiger partial charge in [0.1, 0.15) is 17.1 Å². The Morgan fingerprint density at radius 2 is 1.36 bits per heavy atom. The molecule has 0 saturated carbocycles. The second-order valence-electron chi connectivity index (χ2n) is 5.91. The molecule has 0 atom stereocenters. The number of halogens is 1. The van der Waals surface area contributed by atoms with E-state index in [0.717, 1.165) is 4.47 Å². The van der Waals surface area contributed by atoms with E-state index in [1.54, 1.807) is 78.9 Å². The summed E-state index contributed by atoms with van der Waals surface area (Å²) in [6, 6.07) is 23.8. The molecule has 28 heavy (non-hydrogen) atoms. The lowest BCUT2D eigenvalue weighted by Crippen LogP contribution is -2.28. The van der Waals surface area contributed by atoms with Crippen molar-refractivity contribution in [3.8, 4) is 11.5 Å². The molecule has 0 bridgehead atoms. The number of fused-ring (bicyclic) bond motifs is 1. The Kier molecular flexibility index (Phi) is 5.07. The molecule has 0 radical (unpaired) electrons. The van der Waals surface area contributed by atoms with Gasteiger partial charge in [0.25, 0.3) is 0 Å². The van der Waals surface area contributed by atoms with Gasteiger partial charge in [-0.1, -0.05) is 52.3 Å². The summed E-state index contributed by atoms with van der Waals surface area (Å²) in [5.74, 6) is 0.631. The minimum atomic E-state index is -4.09. The summed E-state index contributed by atoms with van der Waals surface area (Å²) in [7, 11) is -4.09. The summed E-state index contributed by atoms with van der Waals surface area (Å²) in [5.41, 5.74) is -0.395. The van der Waals surface area contributed by atoms with Gasteiger partial charge >= 0.3 is 13.2 Å². The first kappa shape index (κ1) is 18.5. The Bertz CT molecular complexity index is 1180. The van der Waals surface area contributed by atoms with Gasteiger partial charge in [-0.15, -0.1) is 0 Å². The van der Waals surface area contributed by atoms with Crippen molar-refractivity contribution in [3.05, 3.63) is 99.8 Å². The van der Waals surface area contributed by atoms with Crippen LogP contribution in [0.15, 0.2) is 98.6 Å². The summed E-state index contributed by atoms with van der Waals surface area (Å²) in [6.45, 7) is 0. The van der Waals surface area contributed by atoms with Crippen molar-refractivity contribution in [2.75, 3.05) is 0 Å². The third-order valence-corrected chi connectivity index (χ3v) is 6.21. The average Bonchev–Trinajstić information content (AvgIpc) is 2.69. The van der Waals surface area contributed by atoms with Crippen molar-refractivity contribution >= 4 is 39.8 Å². The first-order chi connectivity index (χ1) is 13.5. The Balaban J connectivity index is 1.87. The molecule has 0 aliphatic carbocycles. The van der Waals surface area contributed by atoms with E-state index >= 15 is 0 Å². The molecular formula is C21H14BrO5P. The van der Waals surface area contributed by atoms with Crippen LogP contribution in [-0.2, 0) is 4.57 Å². The molecule has 7 heteroatoms. The third kappa shape index (κ3) is 3.88. The van der Waals surface area contributed by atoms with Crippen molar-refractivity contribution in [2.45, 2.75) is 0 Å². The van der Waals surface area contributed by atoms with Crippen LogP contribution < -0.4 is 20.0 Å². The van der Waals surface area contributed by atoms with E-state index in [9.17, 15) is 9.36 Å². The number of hydrogen-bond donors (Lipinski definition) is 0. The van der Waals surface area contributed by atoms with Crippen LogP contribution in [0.3, 0.4) is 0 Å². The highest BCUT2D eigenvalue weighted by molar-refractivity contribution is 9.10. The maximum Gasteiger partial charge on any atom is 0.470 e. The lowest BCUT2D eigenvalue weighted by Gasteiger charge is -2.19. The zero-order valence-electron chi connectivity index (χ0n) is 14.4. The topological polar surface area (TPSA) is 65.7 Å². The Labute approximate surface area is 169 Å². The molecule has 5 nitrogen and oxygen atoms in total. The Hall–Kier alpha value is -2.82.